The molecule has 0 bridgehead atoms. The maximum Gasteiger partial charge on any atom is 0.408 e. The van der Waals surface area contributed by atoms with E-state index in [4.69, 9.17) is 4.74 Å². The van der Waals surface area contributed by atoms with Crippen LogP contribution in [0.4, 0.5) is 4.79 Å². The van der Waals surface area contributed by atoms with Gasteiger partial charge in [0.1, 0.15) is 17.7 Å². The Hall–Kier alpha value is -1.79. The number of carboxylic acid groups (broad SMARTS) is 1. The second-order valence-electron chi connectivity index (χ2n) is 6.90. The third-order valence-electron chi connectivity index (χ3n) is 3.43. The van der Waals surface area contributed by atoms with E-state index in [0.29, 0.717) is 19.4 Å². The van der Waals surface area contributed by atoms with Crippen LogP contribution in [-0.4, -0.2) is 52.2 Å². The average Bonchev–Trinajstić information content (AvgIpc) is 2.81. The quantitative estimate of drug-likeness (QED) is 0.822. The lowest BCUT2D eigenvalue weighted by molar-refractivity contribution is -0.149. The predicted octanol–water partition coefficient (Wildman–Crippen LogP) is 1.61. The third-order valence-corrected chi connectivity index (χ3v) is 3.43. The zero-order valence-corrected chi connectivity index (χ0v) is 13.9. The number of carbonyl (C=O) groups is 3. The Morgan fingerprint density at radius 3 is 2.32 bits per heavy atom. The Kier molecular flexibility index (Phi) is 5.79. The molecule has 0 aromatic rings. The van der Waals surface area contributed by atoms with E-state index < -0.39 is 29.7 Å². The second kappa shape index (κ2) is 6.98. The highest BCUT2D eigenvalue weighted by molar-refractivity contribution is 5.90. The van der Waals surface area contributed by atoms with Gasteiger partial charge in [-0.1, -0.05) is 13.8 Å². The smallest absolute Gasteiger partial charge is 0.408 e. The van der Waals surface area contributed by atoms with Gasteiger partial charge in [0.15, 0.2) is 0 Å². The monoisotopic (exact) mass is 314 g/mol. The number of carbonyl (C=O) groups excluding carboxylic acids is 2. The number of aliphatic carboxylic acids is 1. The molecule has 2 amide bonds. The minimum absolute atomic E-state index is 0.171. The summed E-state index contributed by atoms with van der Waals surface area (Å²) in [5.74, 6) is -1.55. The van der Waals surface area contributed by atoms with Gasteiger partial charge in [0.25, 0.3) is 0 Å². The molecule has 1 aliphatic heterocycles. The molecule has 126 valence electrons. The molecule has 0 unspecified atom stereocenters. The number of rotatable bonds is 4. The number of alkyl carbamates (subject to hydrolysis) is 1. The van der Waals surface area contributed by atoms with Gasteiger partial charge in [-0.2, -0.15) is 0 Å². The van der Waals surface area contributed by atoms with Crippen molar-refractivity contribution in [3.05, 3.63) is 0 Å². The van der Waals surface area contributed by atoms with Gasteiger partial charge in [-0.15, -0.1) is 0 Å². The fourth-order valence-corrected chi connectivity index (χ4v) is 2.41. The van der Waals surface area contributed by atoms with Crippen molar-refractivity contribution in [2.24, 2.45) is 5.92 Å². The highest BCUT2D eigenvalue weighted by Gasteiger charge is 2.39. The van der Waals surface area contributed by atoms with Crippen molar-refractivity contribution in [3.63, 3.8) is 0 Å². The van der Waals surface area contributed by atoms with Gasteiger partial charge in [0.2, 0.25) is 5.91 Å². The molecule has 0 spiro atoms. The van der Waals surface area contributed by atoms with Crippen LogP contribution >= 0.6 is 0 Å². The van der Waals surface area contributed by atoms with Crippen LogP contribution in [0.1, 0.15) is 47.5 Å². The van der Waals surface area contributed by atoms with E-state index in [-0.39, 0.29) is 11.8 Å². The number of likely N-dealkylation sites (tertiary alicyclic amines) is 1. The number of amides is 2. The van der Waals surface area contributed by atoms with Crippen LogP contribution in [0.5, 0.6) is 0 Å². The summed E-state index contributed by atoms with van der Waals surface area (Å²) in [7, 11) is 0. The molecule has 0 aliphatic carbocycles. The molecule has 1 fully saturated rings. The van der Waals surface area contributed by atoms with E-state index in [0.717, 1.165) is 0 Å². The van der Waals surface area contributed by atoms with Gasteiger partial charge in [0.05, 0.1) is 0 Å². The first-order chi connectivity index (χ1) is 10.0. The topological polar surface area (TPSA) is 95.9 Å². The van der Waals surface area contributed by atoms with Gasteiger partial charge < -0.3 is 20.1 Å². The molecule has 2 N–H and O–H groups in total. The largest absolute Gasteiger partial charge is 0.480 e. The Morgan fingerprint density at radius 2 is 1.86 bits per heavy atom. The number of carboxylic acids is 1. The molecular weight excluding hydrogens is 288 g/mol. The summed E-state index contributed by atoms with van der Waals surface area (Å²) in [4.78, 5) is 37.0. The number of hydrogen-bond donors (Lipinski definition) is 2. The maximum atomic E-state index is 12.6. The van der Waals surface area contributed by atoms with Crippen LogP contribution in [0.25, 0.3) is 0 Å². The first kappa shape index (κ1) is 18.3. The Balaban J connectivity index is 2.80. The van der Waals surface area contributed by atoms with Crippen molar-refractivity contribution >= 4 is 18.0 Å². The summed E-state index contributed by atoms with van der Waals surface area (Å²) in [6, 6.07) is -1.61. The van der Waals surface area contributed by atoms with Crippen molar-refractivity contribution in [1.29, 1.82) is 0 Å². The third kappa shape index (κ3) is 4.89. The molecule has 1 aliphatic rings. The van der Waals surface area contributed by atoms with Gasteiger partial charge in [-0.3, -0.25) is 4.79 Å². The van der Waals surface area contributed by atoms with Crippen LogP contribution in [0.15, 0.2) is 0 Å². The van der Waals surface area contributed by atoms with E-state index in [1.165, 1.54) is 4.90 Å². The summed E-state index contributed by atoms with van der Waals surface area (Å²) in [5, 5.41) is 11.7. The standard InChI is InChI=1S/C15H26N2O5/c1-9(2)11(16-14(21)22-15(3,4)5)12(18)17-8-6-7-10(17)13(19)20/h9-11H,6-8H2,1-5H3,(H,16,21)(H,19,20)/t10-,11-/m1/s1. The van der Waals surface area contributed by atoms with Crippen LogP contribution < -0.4 is 5.32 Å². The molecule has 7 nitrogen and oxygen atoms in total. The van der Waals surface area contributed by atoms with E-state index >= 15 is 0 Å². The van der Waals surface area contributed by atoms with Gasteiger partial charge in [-0.25, -0.2) is 9.59 Å². The van der Waals surface area contributed by atoms with Crippen molar-refractivity contribution in [1.82, 2.24) is 10.2 Å². The van der Waals surface area contributed by atoms with E-state index in [1.54, 1.807) is 34.6 Å². The second-order valence-corrected chi connectivity index (χ2v) is 6.90. The molecule has 0 aromatic heterocycles. The van der Waals surface area contributed by atoms with Crippen LogP contribution in [0.2, 0.25) is 0 Å². The van der Waals surface area contributed by atoms with Crippen LogP contribution in [-0.2, 0) is 14.3 Å². The molecule has 0 aromatic carbocycles. The normalized spacial score (nSPS) is 19.9. The van der Waals surface area contributed by atoms with Crippen molar-refractivity contribution in [2.45, 2.75) is 65.1 Å². The number of hydrogen-bond acceptors (Lipinski definition) is 4. The Bertz CT molecular complexity index is 442. The average molecular weight is 314 g/mol. The van der Waals surface area contributed by atoms with Crippen molar-refractivity contribution in [2.75, 3.05) is 6.54 Å². The van der Waals surface area contributed by atoms with E-state index in [1.807, 2.05) is 0 Å². The van der Waals surface area contributed by atoms with Crippen LogP contribution in [0, 0.1) is 5.92 Å². The predicted molar refractivity (Wildman–Crippen MR) is 80.4 cm³/mol. The highest BCUT2D eigenvalue weighted by Crippen LogP contribution is 2.20. The molecule has 7 heteroatoms. The first-order valence-electron chi connectivity index (χ1n) is 7.55. The summed E-state index contributed by atoms with van der Waals surface area (Å²) < 4.78 is 5.17. The lowest BCUT2D eigenvalue weighted by atomic mass is 10.0. The zero-order valence-electron chi connectivity index (χ0n) is 13.9. The molecule has 0 radical (unpaired) electrons. The van der Waals surface area contributed by atoms with Crippen molar-refractivity contribution in [3.8, 4) is 0 Å². The minimum Gasteiger partial charge on any atom is -0.480 e. The molecule has 0 saturated carbocycles. The molecule has 1 rings (SSSR count). The van der Waals surface area contributed by atoms with Gasteiger partial charge in [0, 0.05) is 6.54 Å². The first-order valence-corrected chi connectivity index (χ1v) is 7.55. The van der Waals surface area contributed by atoms with E-state index in [2.05, 4.69) is 5.32 Å². The molecule has 1 heterocycles. The number of nitrogens with one attached hydrogen (secondary N) is 1. The zero-order chi connectivity index (χ0) is 17.1. The number of nitrogens with zero attached hydrogens (tertiary/aromatic N) is 1. The molecule has 1 saturated heterocycles. The summed E-state index contributed by atoms with van der Waals surface area (Å²) in [6.45, 7) is 9.20. The SMILES string of the molecule is CC(C)[C@@H](NC(=O)OC(C)(C)C)C(=O)N1CCC[C@@H]1C(=O)O. The molecule has 22 heavy (non-hydrogen) atoms. The summed E-state index contributed by atoms with van der Waals surface area (Å²) in [5.41, 5.74) is -0.661. The molecule has 2 atom stereocenters. The lowest BCUT2D eigenvalue weighted by Crippen LogP contribution is -2.54. The van der Waals surface area contributed by atoms with Crippen LogP contribution in [0.3, 0.4) is 0 Å². The number of ether oxygens (including phenoxy) is 1. The van der Waals surface area contributed by atoms with E-state index in [9.17, 15) is 19.5 Å². The minimum atomic E-state index is -1.01. The van der Waals surface area contributed by atoms with Gasteiger partial charge in [-0.05, 0) is 39.5 Å². The maximum absolute atomic E-state index is 12.6. The fraction of sp³-hybridized carbons (Fsp3) is 0.800. The summed E-state index contributed by atoms with van der Waals surface area (Å²) >= 11 is 0. The lowest BCUT2D eigenvalue weighted by Gasteiger charge is -2.30. The summed E-state index contributed by atoms with van der Waals surface area (Å²) in [6.07, 6.45) is 0.420. The van der Waals surface area contributed by atoms with Crippen molar-refractivity contribution < 1.29 is 24.2 Å². The molecular formula is C15H26N2O5. The highest BCUT2D eigenvalue weighted by atomic mass is 16.6. The van der Waals surface area contributed by atoms with Gasteiger partial charge >= 0.3 is 12.1 Å². The Morgan fingerprint density at radius 1 is 1.27 bits per heavy atom. The fourth-order valence-electron chi connectivity index (χ4n) is 2.41. The Labute approximate surface area is 131 Å².